The number of anilines is 1. The Morgan fingerprint density at radius 1 is 1.47 bits per heavy atom. The normalized spacial score (nSPS) is 20.3. The maximum Gasteiger partial charge on any atom is 0.103 e. The third-order valence-electron chi connectivity index (χ3n) is 2.45. The van der Waals surface area contributed by atoms with Crippen molar-refractivity contribution >= 4 is 16.6 Å². The molecule has 0 bridgehead atoms. The predicted molar refractivity (Wildman–Crippen MR) is 58.3 cm³/mol. The van der Waals surface area contributed by atoms with E-state index in [-0.39, 0.29) is 6.10 Å². The highest BCUT2D eigenvalue weighted by Crippen LogP contribution is 2.24. The van der Waals surface area contributed by atoms with Gasteiger partial charge < -0.3 is 0 Å². The number of hydrogen-bond donors (Lipinski definition) is 1. The molecule has 76 valence electrons. The highest BCUT2D eigenvalue weighted by atomic mass is 16.7. The second-order valence-corrected chi connectivity index (χ2v) is 3.62. The standard InChI is InChI=1S/C11H11N3O/c1-8-4-5-14(15-8)10-3-2-9-7-12-13-11(9)6-10/h2-8H,1H3,(H,12,13). The lowest BCUT2D eigenvalue weighted by Crippen LogP contribution is -2.14. The Balaban J connectivity index is 2.01. The molecule has 0 spiro atoms. The molecule has 4 heteroatoms. The van der Waals surface area contributed by atoms with Crippen LogP contribution in [-0.4, -0.2) is 16.3 Å². The number of benzene rings is 1. The number of fused-ring (bicyclic) bond motifs is 1. The summed E-state index contributed by atoms with van der Waals surface area (Å²) in [5.74, 6) is 0. The summed E-state index contributed by atoms with van der Waals surface area (Å²) in [4.78, 5) is 5.56. The first-order valence-corrected chi connectivity index (χ1v) is 4.90. The monoisotopic (exact) mass is 201 g/mol. The molecule has 1 N–H and O–H groups in total. The summed E-state index contributed by atoms with van der Waals surface area (Å²) >= 11 is 0. The topological polar surface area (TPSA) is 41.2 Å². The molecule has 1 aliphatic heterocycles. The lowest BCUT2D eigenvalue weighted by Gasteiger charge is -2.16. The molecule has 2 aromatic rings. The number of rotatable bonds is 1. The highest BCUT2D eigenvalue weighted by molar-refractivity contribution is 5.81. The molecule has 2 heterocycles. The van der Waals surface area contributed by atoms with E-state index in [1.54, 1.807) is 5.06 Å². The number of hydrogen-bond acceptors (Lipinski definition) is 3. The van der Waals surface area contributed by atoms with Crippen LogP contribution in [0.5, 0.6) is 0 Å². The molecule has 0 aliphatic carbocycles. The minimum absolute atomic E-state index is 0.141. The summed E-state index contributed by atoms with van der Waals surface area (Å²) in [7, 11) is 0. The zero-order valence-electron chi connectivity index (χ0n) is 8.34. The second-order valence-electron chi connectivity index (χ2n) is 3.62. The second kappa shape index (κ2) is 3.10. The van der Waals surface area contributed by atoms with Crippen LogP contribution in [0.25, 0.3) is 10.9 Å². The van der Waals surface area contributed by atoms with E-state index in [4.69, 9.17) is 4.84 Å². The van der Waals surface area contributed by atoms with Gasteiger partial charge in [0.15, 0.2) is 0 Å². The molecule has 15 heavy (non-hydrogen) atoms. The Bertz CT molecular complexity index is 517. The van der Waals surface area contributed by atoms with Crippen LogP contribution in [0.1, 0.15) is 6.92 Å². The van der Waals surface area contributed by atoms with Crippen LogP contribution in [0.2, 0.25) is 0 Å². The third kappa shape index (κ3) is 1.39. The van der Waals surface area contributed by atoms with E-state index >= 15 is 0 Å². The minimum atomic E-state index is 0.141. The fourth-order valence-corrected chi connectivity index (χ4v) is 1.66. The van der Waals surface area contributed by atoms with Crippen LogP contribution in [0.15, 0.2) is 36.7 Å². The lowest BCUT2D eigenvalue weighted by molar-refractivity contribution is 0.115. The van der Waals surface area contributed by atoms with E-state index in [0.717, 1.165) is 16.6 Å². The summed E-state index contributed by atoms with van der Waals surface area (Å²) < 4.78 is 0. The molecule has 3 rings (SSSR count). The van der Waals surface area contributed by atoms with Crippen LogP contribution in [0.4, 0.5) is 5.69 Å². The van der Waals surface area contributed by atoms with Gasteiger partial charge in [-0.1, -0.05) is 0 Å². The van der Waals surface area contributed by atoms with Crippen molar-refractivity contribution in [2.24, 2.45) is 0 Å². The van der Waals surface area contributed by atoms with Crippen molar-refractivity contribution in [3.05, 3.63) is 36.7 Å². The molecule has 0 saturated carbocycles. The largest absolute Gasteiger partial charge is 0.278 e. The van der Waals surface area contributed by atoms with E-state index in [2.05, 4.69) is 10.2 Å². The highest BCUT2D eigenvalue weighted by Gasteiger charge is 2.14. The molecule has 1 aromatic carbocycles. The summed E-state index contributed by atoms with van der Waals surface area (Å²) in [5, 5.41) is 9.80. The molecule has 1 unspecified atom stereocenters. The molecule has 0 amide bonds. The Hall–Kier alpha value is -1.81. The fourth-order valence-electron chi connectivity index (χ4n) is 1.66. The Labute approximate surface area is 87.1 Å². The number of H-pyrrole nitrogens is 1. The van der Waals surface area contributed by atoms with Crippen molar-refractivity contribution in [2.45, 2.75) is 13.0 Å². The van der Waals surface area contributed by atoms with Crippen molar-refractivity contribution in [1.29, 1.82) is 0 Å². The van der Waals surface area contributed by atoms with Gasteiger partial charge in [0.05, 0.1) is 17.4 Å². The first-order chi connectivity index (χ1) is 7.33. The molecule has 0 saturated heterocycles. The molecule has 0 fully saturated rings. The maximum atomic E-state index is 5.56. The van der Waals surface area contributed by atoms with Crippen LogP contribution in [0.3, 0.4) is 0 Å². The SMILES string of the molecule is CC1C=CN(c2ccc3cn[nH]c3c2)O1. The first-order valence-electron chi connectivity index (χ1n) is 4.90. The van der Waals surface area contributed by atoms with E-state index in [0.29, 0.717) is 0 Å². The van der Waals surface area contributed by atoms with Gasteiger partial charge in [0, 0.05) is 11.6 Å². The number of nitrogens with zero attached hydrogens (tertiary/aromatic N) is 2. The van der Waals surface area contributed by atoms with Gasteiger partial charge in [-0.05, 0) is 31.2 Å². The van der Waals surface area contributed by atoms with Crippen molar-refractivity contribution in [3.8, 4) is 0 Å². The fraction of sp³-hybridized carbons (Fsp3) is 0.182. The van der Waals surface area contributed by atoms with Crippen LogP contribution in [0, 0.1) is 0 Å². The average molecular weight is 201 g/mol. The van der Waals surface area contributed by atoms with Gasteiger partial charge in [-0.25, -0.2) is 5.06 Å². The zero-order valence-corrected chi connectivity index (χ0v) is 8.34. The van der Waals surface area contributed by atoms with Crippen molar-refractivity contribution in [1.82, 2.24) is 10.2 Å². The predicted octanol–water partition coefficient (Wildman–Crippen LogP) is 2.22. The molecule has 1 aromatic heterocycles. The number of hydroxylamine groups is 1. The lowest BCUT2D eigenvalue weighted by atomic mass is 10.2. The van der Waals surface area contributed by atoms with Gasteiger partial charge in [0.25, 0.3) is 0 Å². The zero-order chi connectivity index (χ0) is 10.3. The van der Waals surface area contributed by atoms with Gasteiger partial charge in [0.1, 0.15) is 6.10 Å². The summed E-state index contributed by atoms with van der Waals surface area (Å²) in [6.45, 7) is 2.01. The van der Waals surface area contributed by atoms with Crippen molar-refractivity contribution in [3.63, 3.8) is 0 Å². The molecular weight excluding hydrogens is 190 g/mol. The Morgan fingerprint density at radius 3 is 3.20 bits per heavy atom. The number of aromatic amines is 1. The average Bonchev–Trinajstić information content (AvgIpc) is 2.84. The smallest absolute Gasteiger partial charge is 0.103 e. The van der Waals surface area contributed by atoms with Gasteiger partial charge >= 0.3 is 0 Å². The first kappa shape index (κ1) is 8.49. The maximum absolute atomic E-state index is 5.56. The third-order valence-corrected chi connectivity index (χ3v) is 2.45. The Morgan fingerprint density at radius 2 is 2.40 bits per heavy atom. The molecular formula is C11H11N3O. The molecule has 0 radical (unpaired) electrons. The van der Waals surface area contributed by atoms with Crippen molar-refractivity contribution in [2.75, 3.05) is 5.06 Å². The van der Waals surface area contributed by atoms with Crippen LogP contribution < -0.4 is 5.06 Å². The van der Waals surface area contributed by atoms with E-state index in [9.17, 15) is 0 Å². The number of nitrogens with one attached hydrogen (secondary N) is 1. The van der Waals surface area contributed by atoms with E-state index < -0.39 is 0 Å². The van der Waals surface area contributed by atoms with Crippen molar-refractivity contribution < 1.29 is 4.84 Å². The molecule has 1 aliphatic rings. The minimum Gasteiger partial charge on any atom is -0.278 e. The summed E-state index contributed by atoms with van der Waals surface area (Å²) in [6, 6.07) is 6.05. The van der Waals surface area contributed by atoms with Gasteiger partial charge in [-0.3, -0.25) is 9.94 Å². The Kier molecular flexibility index (Phi) is 1.76. The number of aromatic nitrogens is 2. The van der Waals surface area contributed by atoms with E-state index in [1.165, 1.54) is 0 Å². The van der Waals surface area contributed by atoms with Gasteiger partial charge in [-0.15, -0.1) is 0 Å². The summed E-state index contributed by atoms with van der Waals surface area (Å²) in [6.07, 6.45) is 5.89. The molecule has 1 atom stereocenters. The quantitative estimate of drug-likeness (QED) is 0.769. The summed E-state index contributed by atoms with van der Waals surface area (Å²) in [5.41, 5.74) is 2.02. The van der Waals surface area contributed by atoms with Crippen LogP contribution >= 0.6 is 0 Å². The molecule has 4 nitrogen and oxygen atoms in total. The van der Waals surface area contributed by atoms with Crippen LogP contribution in [-0.2, 0) is 4.84 Å². The van der Waals surface area contributed by atoms with E-state index in [1.807, 2.05) is 43.6 Å². The van der Waals surface area contributed by atoms with Gasteiger partial charge in [-0.2, -0.15) is 5.10 Å². The van der Waals surface area contributed by atoms with Gasteiger partial charge in [0.2, 0.25) is 0 Å².